The van der Waals surface area contributed by atoms with Crippen molar-refractivity contribution in [1.82, 2.24) is 30.0 Å². The zero-order valence-corrected chi connectivity index (χ0v) is 18.2. The van der Waals surface area contributed by atoms with Crippen LogP contribution in [0.2, 0.25) is 0 Å². The number of aromatic nitrogens is 5. The van der Waals surface area contributed by atoms with Gasteiger partial charge < -0.3 is 20.7 Å². The zero-order valence-electron chi connectivity index (χ0n) is 21.2. The fourth-order valence-electron chi connectivity index (χ4n) is 3.19. The van der Waals surface area contributed by atoms with Gasteiger partial charge in [0, 0.05) is 30.0 Å². The molecule has 4 rings (SSSR count). The number of rotatable bonds is 7. The molecule has 2 aromatic heterocycles. The Morgan fingerprint density at radius 1 is 1.21 bits per heavy atom. The minimum atomic E-state index is -2.72. The monoisotopic (exact) mass is 458 g/mol. The molecule has 34 heavy (non-hydrogen) atoms. The van der Waals surface area contributed by atoms with E-state index in [-0.39, 0.29) is 17.3 Å². The Kier molecular flexibility index (Phi) is 5.28. The van der Waals surface area contributed by atoms with E-state index in [2.05, 4.69) is 36.8 Å². The lowest BCUT2D eigenvalue weighted by atomic mass is 10.1. The normalized spacial score (nSPS) is 12.0. The van der Waals surface area contributed by atoms with Gasteiger partial charge in [0.25, 0.3) is 5.91 Å². The molecule has 0 aliphatic carbocycles. The number of methoxy groups -OCH3 is 1. The minimum Gasteiger partial charge on any atom is -0.494 e. The summed E-state index contributed by atoms with van der Waals surface area (Å²) in [5, 5.41) is 21.4. The Bertz CT molecular complexity index is 1500. The quantitative estimate of drug-likeness (QED) is 0.381. The van der Waals surface area contributed by atoms with E-state index in [9.17, 15) is 4.79 Å². The van der Waals surface area contributed by atoms with Gasteiger partial charge in [-0.25, -0.2) is 9.97 Å². The molecule has 3 N–H and O–H groups in total. The fourth-order valence-corrected chi connectivity index (χ4v) is 3.19. The van der Waals surface area contributed by atoms with Crippen LogP contribution in [-0.2, 0) is 7.05 Å². The number of hydrogen-bond acceptors (Lipinski definition) is 9. The van der Waals surface area contributed by atoms with Gasteiger partial charge in [-0.05, 0) is 30.3 Å². The molecular formula is C23H21N9O2. The molecule has 0 aliphatic rings. The lowest BCUT2D eigenvalue weighted by Gasteiger charge is -2.16. The van der Waals surface area contributed by atoms with Crippen LogP contribution >= 0.6 is 0 Å². The summed E-state index contributed by atoms with van der Waals surface area (Å²) in [7, 11) is 3.22. The van der Waals surface area contributed by atoms with E-state index in [1.165, 1.54) is 13.3 Å². The van der Waals surface area contributed by atoms with Crippen molar-refractivity contribution in [2.75, 3.05) is 24.7 Å². The highest BCUT2D eigenvalue weighted by Crippen LogP contribution is 2.36. The van der Waals surface area contributed by atoms with Crippen molar-refractivity contribution in [3.05, 3.63) is 66.1 Å². The number of nitriles is 1. The van der Waals surface area contributed by atoms with Crippen LogP contribution in [-0.4, -0.2) is 44.7 Å². The van der Waals surface area contributed by atoms with Crippen molar-refractivity contribution in [3.63, 3.8) is 0 Å². The molecule has 0 spiro atoms. The summed E-state index contributed by atoms with van der Waals surface area (Å²) in [6.07, 6.45) is 2.75. The second-order valence-corrected chi connectivity index (χ2v) is 6.98. The number of ether oxygens (including phenoxy) is 1. The molecule has 0 fully saturated rings. The third kappa shape index (κ3) is 4.61. The highest BCUT2D eigenvalue weighted by atomic mass is 16.5. The average molecular weight is 459 g/mol. The number of para-hydroxylation sites is 1. The number of nitrogens with zero attached hydrogens (tertiary/aromatic N) is 6. The minimum absolute atomic E-state index is 0.0140. The van der Waals surface area contributed by atoms with Crippen molar-refractivity contribution >= 4 is 29.0 Å². The van der Waals surface area contributed by atoms with E-state index >= 15 is 0 Å². The SMILES string of the molecule is [2H]C([2H])([2H])NC(=O)c1cnc(Nc2cccc(C#N)c2)nc1Nc1cccc(-c2ncn(C)n2)c1OC. The van der Waals surface area contributed by atoms with E-state index in [0.717, 1.165) is 0 Å². The molecule has 0 saturated heterocycles. The Morgan fingerprint density at radius 3 is 2.79 bits per heavy atom. The van der Waals surface area contributed by atoms with Crippen LogP contribution in [0, 0.1) is 11.3 Å². The molecule has 0 unspecified atom stereocenters. The van der Waals surface area contributed by atoms with Gasteiger partial charge in [0.1, 0.15) is 17.7 Å². The average Bonchev–Trinajstić information content (AvgIpc) is 3.29. The zero-order chi connectivity index (χ0) is 26.6. The number of carbonyl (C=O) groups is 1. The fraction of sp³-hybridized carbons (Fsp3) is 0.130. The predicted molar refractivity (Wildman–Crippen MR) is 126 cm³/mol. The van der Waals surface area contributed by atoms with Gasteiger partial charge in [-0.3, -0.25) is 9.48 Å². The first-order valence-electron chi connectivity index (χ1n) is 11.4. The summed E-state index contributed by atoms with van der Waals surface area (Å²) in [5.74, 6) is 0.0169. The molecule has 0 saturated carbocycles. The van der Waals surface area contributed by atoms with Crippen LogP contribution in [0.25, 0.3) is 11.4 Å². The van der Waals surface area contributed by atoms with Crippen LogP contribution in [0.15, 0.2) is 55.0 Å². The van der Waals surface area contributed by atoms with E-state index in [1.807, 2.05) is 5.32 Å². The van der Waals surface area contributed by atoms with Crippen molar-refractivity contribution < 1.29 is 13.6 Å². The van der Waals surface area contributed by atoms with Crippen LogP contribution < -0.4 is 20.7 Å². The number of nitrogens with one attached hydrogen (secondary N) is 3. The lowest BCUT2D eigenvalue weighted by molar-refractivity contribution is 0.0963. The van der Waals surface area contributed by atoms with Crippen LogP contribution in [0.1, 0.15) is 20.0 Å². The molecule has 11 nitrogen and oxygen atoms in total. The molecule has 2 aromatic carbocycles. The predicted octanol–water partition coefficient (Wildman–Crippen LogP) is 3.00. The summed E-state index contributed by atoms with van der Waals surface area (Å²) < 4.78 is 29.3. The van der Waals surface area contributed by atoms with Crippen LogP contribution in [0.4, 0.5) is 23.1 Å². The van der Waals surface area contributed by atoms with Gasteiger partial charge in [-0.1, -0.05) is 12.1 Å². The van der Waals surface area contributed by atoms with E-state index < -0.39 is 12.9 Å². The molecule has 0 bridgehead atoms. The lowest BCUT2D eigenvalue weighted by Crippen LogP contribution is -2.20. The van der Waals surface area contributed by atoms with Gasteiger partial charge in [0.2, 0.25) is 5.95 Å². The number of amides is 1. The highest BCUT2D eigenvalue weighted by molar-refractivity contribution is 5.99. The van der Waals surface area contributed by atoms with Crippen LogP contribution in [0.5, 0.6) is 5.75 Å². The van der Waals surface area contributed by atoms with E-state index in [0.29, 0.717) is 34.1 Å². The summed E-state index contributed by atoms with van der Waals surface area (Å²) in [6, 6.07) is 13.9. The number of hydrogen-bond donors (Lipinski definition) is 3. The molecule has 170 valence electrons. The second kappa shape index (κ2) is 9.66. The van der Waals surface area contributed by atoms with Gasteiger partial charge in [0.05, 0.1) is 30.0 Å². The first-order valence-corrected chi connectivity index (χ1v) is 9.93. The van der Waals surface area contributed by atoms with Gasteiger partial charge in [-0.15, -0.1) is 0 Å². The standard InChI is InChI=1S/C23H21N9O2/c1-25-22(33)17-12-26-23(28-15-7-4-6-14(10-15)11-24)30-21(17)29-18-9-5-8-16(19(18)34-3)20-27-13-32(2)31-20/h4-10,12-13H,1-3H3,(H,25,33)(H2,26,28,29,30)/i1D3. The third-order valence-electron chi connectivity index (χ3n) is 4.71. The van der Waals surface area contributed by atoms with Gasteiger partial charge >= 0.3 is 0 Å². The molecule has 0 aliphatic heterocycles. The highest BCUT2D eigenvalue weighted by Gasteiger charge is 2.19. The molecule has 11 heteroatoms. The molecular weight excluding hydrogens is 434 g/mol. The van der Waals surface area contributed by atoms with E-state index in [4.69, 9.17) is 14.1 Å². The Labute approximate surface area is 199 Å². The summed E-state index contributed by atoms with van der Waals surface area (Å²) in [4.78, 5) is 25.6. The Morgan fingerprint density at radius 2 is 2.06 bits per heavy atom. The number of aryl methyl sites for hydroxylation is 1. The maximum Gasteiger partial charge on any atom is 0.256 e. The van der Waals surface area contributed by atoms with Gasteiger partial charge in [0.15, 0.2) is 11.6 Å². The number of anilines is 4. The second-order valence-electron chi connectivity index (χ2n) is 6.98. The molecule has 0 atom stereocenters. The summed E-state index contributed by atoms with van der Waals surface area (Å²) >= 11 is 0. The summed E-state index contributed by atoms with van der Waals surface area (Å²) in [5.41, 5.74) is 1.87. The Balaban J connectivity index is 1.75. The first kappa shape index (κ1) is 18.6. The van der Waals surface area contributed by atoms with Gasteiger partial charge in [-0.2, -0.15) is 15.3 Å². The Hall–Kier alpha value is -4.98. The molecule has 2 heterocycles. The largest absolute Gasteiger partial charge is 0.494 e. The van der Waals surface area contributed by atoms with Crippen molar-refractivity contribution in [2.24, 2.45) is 7.05 Å². The molecule has 4 aromatic rings. The number of carbonyl (C=O) groups excluding carboxylic acids is 1. The van der Waals surface area contributed by atoms with E-state index in [1.54, 1.807) is 60.5 Å². The third-order valence-corrected chi connectivity index (χ3v) is 4.71. The smallest absolute Gasteiger partial charge is 0.256 e. The molecule has 1 amide bonds. The molecule has 0 radical (unpaired) electrons. The van der Waals surface area contributed by atoms with Crippen molar-refractivity contribution in [2.45, 2.75) is 0 Å². The maximum atomic E-state index is 12.8. The maximum absolute atomic E-state index is 12.8. The van der Waals surface area contributed by atoms with Crippen molar-refractivity contribution in [1.29, 1.82) is 5.26 Å². The first-order chi connectivity index (χ1) is 17.7. The number of benzene rings is 2. The summed E-state index contributed by atoms with van der Waals surface area (Å²) in [6.45, 7) is -2.72. The van der Waals surface area contributed by atoms with Crippen molar-refractivity contribution in [3.8, 4) is 23.2 Å². The topological polar surface area (TPSA) is 143 Å². The van der Waals surface area contributed by atoms with Crippen LogP contribution in [0.3, 0.4) is 0 Å².